The summed E-state index contributed by atoms with van der Waals surface area (Å²) in [5, 5.41) is 11.5. The number of nitrogens with zero attached hydrogens (tertiary/aromatic N) is 1. The van der Waals surface area contributed by atoms with Crippen molar-refractivity contribution in [3.05, 3.63) is 84.9 Å². The van der Waals surface area contributed by atoms with Gasteiger partial charge in [-0.15, -0.1) is 0 Å². The fourth-order valence-electron chi connectivity index (χ4n) is 3.53. The lowest BCUT2D eigenvalue weighted by molar-refractivity contribution is -0.189. The Balaban J connectivity index is 1.65. The average molecular weight is 549 g/mol. The Bertz CT molecular complexity index is 1430. The molecule has 4 aromatic carbocycles. The molecular formula is C25H19F3NO8P. The van der Waals surface area contributed by atoms with Crippen LogP contribution in [0.4, 0.5) is 13.2 Å². The lowest BCUT2D eigenvalue weighted by Gasteiger charge is -2.25. The van der Waals surface area contributed by atoms with Crippen LogP contribution in [0.3, 0.4) is 0 Å². The molecule has 0 unspecified atom stereocenters. The van der Waals surface area contributed by atoms with Crippen molar-refractivity contribution in [2.45, 2.75) is 6.18 Å². The number of alkyl halides is 3. The summed E-state index contributed by atoms with van der Waals surface area (Å²) in [5.41, 5.74) is 0. The van der Waals surface area contributed by atoms with E-state index in [1.807, 2.05) is 0 Å². The van der Waals surface area contributed by atoms with E-state index in [9.17, 15) is 27.3 Å². The van der Waals surface area contributed by atoms with E-state index in [1.165, 1.54) is 12.1 Å². The summed E-state index contributed by atoms with van der Waals surface area (Å²) in [7, 11) is -4.94. The van der Waals surface area contributed by atoms with Crippen LogP contribution in [0.15, 0.2) is 84.9 Å². The van der Waals surface area contributed by atoms with Crippen LogP contribution in [-0.4, -0.2) is 40.9 Å². The zero-order valence-corrected chi connectivity index (χ0v) is 20.2. The molecule has 0 spiro atoms. The van der Waals surface area contributed by atoms with Gasteiger partial charge >= 0.3 is 25.6 Å². The minimum absolute atomic E-state index is 0.0315. The molecule has 38 heavy (non-hydrogen) atoms. The van der Waals surface area contributed by atoms with Crippen LogP contribution in [0, 0.1) is 0 Å². The largest absolute Gasteiger partial charge is 0.480 e. The number of carboxylic acids is 1. The van der Waals surface area contributed by atoms with Gasteiger partial charge in [0.15, 0.2) is 11.5 Å². The smallest absolute Gasteiger partial charge is 0.471 e. The number of benzene rings is 4. The number of fused-ring (bicyclic) bond motifs is 2. The van der Waals surface area contributed by atoms with Gasteiger partial charge in [0.25, 0.3) is 0 Å². The summed E-state index contributed by atoms with van der Waals surface area (Å²) in [6, 6.07) is 23.2. The molecule has 0 aliphatic carbocycles. The first-order chi connectivity index (χ1) is 18.1. The first-order valence-electron chi connectivity index (χ1n) is 10.9. The Morgan fingerprint density at radius 2 is 1.21 bits per heavy atom. The number of carbonyl (C=O) groups is 2. The van der Waals surface area contributed by atoms with Crippen molar-refractivity contribution in [1.82, 2.24) is 4.90 Å². The number of carbonyl (C=O) groups excluding carboxylic acids is 1. The topological polar surface area (TPSA) is 112 Å². The molecule has 4 aromatic rings. The van der Waals surface area contributed by atoms with Gasteiger partial charge in [0.1, 0.15) is 12.8 Å². The van der Waals surface area contributed by atoms with Gasteiger partial charge in [-0.1, -0.05) is 82.1 Å². The maximum Gasteiger partial charge on any atom is 0.471 e. The second-order valence-electron chi connectivity index (χ2n) is 7.92. The van der Waals surface area contributed by atoms with Crippen molar-refractivity contribution in [3.8, 4) is 11.5 Å². The highest BCUT2D eigenvalue weighted by atomic mass is 31.2. The Hall–Kier alpha value is -4.12. The second kappa shape index (κ2) is 11.1. The van der Waals surface area contributed by atoms with Gasteiger partial charge in [-0.25, -0.2) is 0 Å². The van der Waals surface area contributed by atoms with E-state index in [0.717, 1.165) is 0 Å². The highest BCUT2D eigenvalue weighted by Crippen LogP contribution is 2.50. The van der Waals surface area contributed by atoms with E-state index in [4.69, 9.17) is 24.2 Å². The van der Waals surface area contributed by atoms with Crippen molar-refractivity contribution < 1.29 is 51.6 Å². The van der Waals surface area contributed by atoms with Gasteiger partial charge in [-0.3, -0.25) is 14.2 Å². The second-order valence-corrected chi connectivity index (χ2v) is 9.72. The third-order valence-corrected chi connectivity index (χ3v) is 6.47. The zero-order valence-electron chi connectivity index (χ0n) is 19.3. The molecule has 0 heterocycles. The molecule has 9 nitrogen and oxygen atoms in total. The molecular weight excluding hydrogens is 530 g/mol. The zero-order chi connectivity index (χ0) is 27.3. The number of carboxylic acid groups (broad SMARTS) is 1. The van der Waals surface area contributed by atoms with E-state index in [2.05, 4.69) is 0 Å². The van der Waals surface area contributed by atoms with Gasteiger partial charge in [0.05, 0.1) is 0 Å². The fraction of sp³-hybridized carbons (Fsp3) is 0.120. The Morgan fingerprint density at radius 3 is 1.66 bits per heavy atom. The fourth-order valence-corrected chi connectivity index (χ4v) is 4.68. The van der Waals surface area contributed by atoms with Gasteiger partial charge in [0, 0.05) is 10.8 Å². The maximum atomic E-state index is 13.6. The molecule has 0 aliphatic rings. The summed E-state index contributed by atoms with van der Waals surface area (Å²) in [6.45, 7) is -1.45. The molecule has 1 amide bonds. The molecule has 4 rings (SSSR count). The quantitative estimate of drug-likeness (QED) is 0.147. The van der Waals surface area contributed by atoms with Gasteiger partial charge < -0.3 is 19.8 Å². The molecule has 0 bridgehead atoms. The molecule has 0 aromatic heterocycles. The third-order valence-electron chi connectivity index (χ3n) is 5.18. The first kappa shape index (κ1) is 26.9. The summed E-state index contributed by atoms with van der Waals surface area (Å²) >= 11 is 0. The van der Waals surface area contributed by atoms with Gasteiger partial charge in [-0.05, 0) is 22.9 Å². The minimum atomic E-state index is -5.47. The number of aliphatic carboxylic acids is 1. The maximum absolute atomic E-state index is 13.6. The molecule has 0 fully saturated rings. The van der Waals surface area contributed by atoms with Gasteiger partial charge in [-0.2, -0.15) is 13.2 Å². The lowest BCUT2D eigenvalue weighted by Crippen LogP contribution is -2.44. The molecule has 0 radical (unpaired) electrons. The molecule has 0 aliphatic heterocycles. The van der Waals surface area contributed by atoms with Crippen molar-refractivity contribution in [3.63, 3.8) is 0 Å². The summed E-state index contributed by atoms with van der Waals surface area (Å²) in [5.74, 6) is -4.30. The van der Waals surface area contributed by atoms with Gasteiger partial charge in [0.2, 0.25) is 0 Å². The van der Waals surface area contributed by atoms with Crippen LogP contribution in [0.5, 0.6) is 11.5 Å². The molecule has 0 atom stereocenters. The predicted octanol–water partition coefficient (Wildman–Crippen LogP) is 5.94. The van der Waals surface area contributed by atoms with E-state index >= 15 is 0 Å². The minimum Gasteiger partial charge on any atom is -0.480 e. The van der Waals surface area contributed by atoms with Crippen LogP contribution in [-0.2, 0) is 23.5 Å². The first-order valence-corrected chi connectivity index (χ1v) is 12.6. The van der Waals surface area contributed by atoms with Crippen LogP contribution < -0.4 is 9.78 Å². The van der Waals surface area contributed by atoms with E-state index in [-0.39, 0.29) is 16.4 Å². The van der Waals surface area contributed by atoms with Crippen LogP contribution in [0.25, 0.3) is 21.5 Å². The predicted molar refractivity (Wildman–Crippen MR) is 129 cm³/mol. The van der Waals surface area contributed by atoms with Crippen molar-refractivity contribution in [2.75, 3.05) is 12.8 Å². The number of hydrogen-bond acceptors (Lipinski definition) is 7. The summed E-state index contributed by atoms with van der Waals surface area (Å²) in [4.78, 5) is 33.2. The van der Waals surface area contributed by atoms with Crippen molar-refractivity contribution in [2.24, 2.45) is 0 Å². The van der Waals surface area contributed by atoms with Crippen molar-refractivity contribution in [1.29, 1.82) is 0 Å². The number of rotatable bonds is 10. The third kappa shape index (κ3) is 6.41. The van der Waals surface area contributed by atoms with Crippen molar-refractivity contribution >= 4 is 41.0 Å². The monoisotopic (exact) mass is 549 g/mol. The lowest BCUT2D eigenvalue weighted by atomic mass is 10.1. The van der Waals surface area contributed by atoms with E-state index in [1.54, 1.807) is 72.8 Å². The molecule has 13 heteroatoms. The number of amides is 1. The van der Waals surface area contributed by atoms with E-state index in [0.29, 0.717) is 21.5 Å². The number of halogens is 3. The molecule has 198 valence electrons. The SMILES string of the molecule is O=C(O)CN(CP(=O)(OOc1cccc2ccccc12)OOc1cccc2ccccc12)C(=O)C(F)(F)F. The summed E-state index contributed by atoms with van der Waals surface area (Å²) in [6.07, 6.45) is -6.92. The van der Waals surface area contributed by atoms with Crippen LogP contribution in [0.2, 0.25) is 0 Å². The highest BCUT2D eigenvalue weighted by molar-refractivity contribution is 7.53. The molecule has 0 saturated heterocycles. The highest BCUT2D eigenvalue weighted by Gasteiger charge is 2.46. The molecule has 0 saturated carbocycles. The standard InChI is InChI=1S/C25H19F3NO8P/c26-25(27,28)24(32)29(15-23(30)31)16-38(33,36-34-21-13-5-9-17-7-1-3-11-19(17)21)37-35-22-14-6-10-18-8-2-4-12-20(18)22/h1-14H,15-16H2,(H,30,31). The summed E-state index contributed by atoms with van der Waals surface area (Å²) < 4.78 is 63.1. The Morgan fingerprint density at radius 1 is 0.763 bits per heavy atom. The average Bonchev–Trinajstić information content (AvgIpc) is 2.89. The van der Waals surface area contributed by atoms with Crippen LogP contribution in [0.1, 0.15) is 0 Å². The Kier molecular flexibility index (Phi) is 7.86. The molecule has 1 N–H and O–H groups in total. The Labute approximate surface area is 213 Å². The normalized spacial score (nSPS) is 11.9. The van der Waals surface area contributed by atoms with Crippen LogP contribution >= 0.6 is 7.60 Å². The van der Waals surface area contributed by atoms with E-state index < -0.39 is 38.5 Å². The number of hydrogen-bond donors (Lipinski definition) is 1.